The molecule has 4 bridgehead atoms. The Balaban J connectivity index is 1.45. The lowest BCUT2D eigenvalue weighted by atomic mass is 9.43. The highest BCUT2D eigenvalue weighted by molar-refractivity contribution is 5.14. The van der Waals surface area contributed by atoms with E-state index in [1.165, 1.54) is 71.0 Å². The fraction of sp³-hybridized carbons (Fsp3) is 1.00. The van der Waals surface area contributed by atoms with Crippen molar-refractivity contribution >= 4 is 0 Å². The van der Waals surface area contributed by atoms with Crippen molar-refractivity contribution in [2.24, 2.45) is 22.7 Å². The van der Waals surface area contributed by atoms with Crippen molar-refractivity contribution < 1.29 is 0 Å². The van der Waals surface area contributed by atoms with Gasteiger partial charge in [-0.15, -0.1) is 0 Å². The molecular formula is C19H34N2. The number of hydrogen-bond acceptors (Lipinski definition) is 2. The molecule has 5 rings (SSSR count). The van der Waals surface area contributed by atoms with Crippen LogP contribution >= 0.6 is 0 Å². The Morgan fingerprint density at radius 1 is 1.05 bits per heavy atom. The van der Waals surface area contributed by atoms with Crippen LogP contribution < -0.4 is 5.32 Å². The Kier molecular flexibility index (Phi) is 3.25. The predicted molar refractivity (Wildman–Crippen MR) is 88.4 cm³/mol. The van der Waals surface area contributed by atoms with Crippen molar-refractivity contribution in [3.8, 4) is 0 Å². The van der Waals surface area contributed by atoms with Gasteiger partial charge in [0.2, 0.25) is 0 Å². The van der Waals surface area contributed by atoms with E-state index in [4.69, 9.17) is 0 Å². The minimum absolute atomic E-state index is 0.499. The molecule has 5 fully saturated rings. The molecule has 0 aromatic heterocycles. The van der Waals surface area contributed by atoms with E-state index >= 15 is 0 Å². The first-order valence-corrected chi connectivity index (χ1v) is 9.31. The molecule has 1 heterocycles. The molecule has 0 spiro atoms. The molecule has 0 aromatic rings. The van der Waals surface area contributed by atoms with Crippen LogP contribution in [0.15, 0.2) is 0 Å². The molecule has 0 amide bonds. The largest absolute Gasteiger partial charge is 0.311 e. The number of nitrogens with zero attached hydrogens (tertiary/aromatic N) is 1. The van der Waals surface area contributed by atoms with E-state index in [0.717, 1.165) is 11.8 Å². The van der Waals surface area contributed by atoms with Gasteiger partial charge in [0.25, 0.3) is 0 Å². The third-order valence-corrected chi connectivity index (χ3v) is 7.11. The standard InChI is InChI=1S/C19H34N2/c1-17-7-16-8-18(2,12-17)14-19(9-16,13-17)20-10-15-5-4-6-21(3)11-15/h15-16,20H,4-14H2,1-3H3. The van der Waals surface area contributed by atoms with Crippen LogP contribution in [0.25, 0.3) is 0 Å². The molecule has 1 saturated heterocycles. The van der Waals surface area contributed by atoms with E-state index in [1.54, 1.807) is 0 Å². The van der Waals surface area contributed by atoms with Crippen LogP contribution in [0.2, 0.25) is 0 Å². The van der Waals surface area contributed by atoms with Gasteiger partial charge in [-0.2, -0.15) is 0 Å². The lowest BCUT2D eigenvalue weighted by Gasteiger charge is -2.65. The molecule has 2 heteroatoms. The number of nitrogens with one attached hydrogen (secondary N) is 1. The van der Waals surface area contributed by atoms with Crippen molar-refractivity contribution in [3.05, 3.63) is 0 Å². The summed E-state index contributed by atoms with van der Waals surface area (Å²) in [5.74, 6) is 1.90. The van der Waals surface area contributed by atoms with Gasteiger partial charge in [0.05, 0.1) is 0 Å². The van der Waals surface area contributed by atoms with Crippen molar-refractivity contribution in [1.29, 1.82) is 0 Å². The molecule has 5 aliphatic rings. The van der Waals surface area contributed by atoms with Crippen LogP contribution in [0.5, 0.6) is 0 Å². The molecule has 120 valence electrons. The van der Waals surface area contributed by atoms with Gasteiger partial charge in [0, 0.05) is 12.1 Å². The Labute approximate surface area is 131 Å². The van der Waals surface area contributed by atoms with Crippen molar-refractivity contribution in [2.45, 2.75) is 70.8 Å². The van der Waals surface area contributed by atoms with E-state index < -0.39 is 0 Å². The molecule has 21 heavy (non-hydrogen) atoms. The molecule has 3 atom stereocenters. The zero-order chi connectivity index (χ0) is 14.7. The number of hydrogen-bond donors (Lipinski definition) is 1. The first-order chi connectivity index (χ1) is 9.88. The summed E-state index contributed by atoms with van der Waals surface area (Å²) in [6.07, 6.45) is 11.7. The minimum atomic E-state index is 0.499. The zero-order valence-electron chi connectivity index (χ0n) is 14.4. The second-order valence-corrected chi connectivity index (χ2v) is 10.1. The highest BCUT2D eigenvalue weighted by Crippen LogP contribution is 2.66. The number of piperidine rings is 1. The zero-order valence-corrected chi connectivity index (χ0v) is 14.4. The third-order valence-electron chi connectivity index (χ3n) is 7.11. The first kappa shape index (κ1) is 14.5. The van der Waals surface area contributed by atoms with Crippen LogP contribution in [0.3, 0.4) is 0 Å². The maximum absolute atomic E-state index is 4.14. The Bertz CT molecular complexity index is 400. The smallest absolute Gasteiger partial charge is 0.0194 e. The summed E-state index contributed by atoms with van der Waals surface area (Å²) >= 11 is 0. The summed E-state index contributed by atoms with van der Waals surface area (Å²) in [5, 5.41) is 4.14. The fourth-order valence-corrected chi connectivity index (χ4v) is 7.45. The van der Waals surface area contributed by atoms with E-state index in [-0.39, 0.29) is 0 Å². The molecule has 1 aliphatic heterocycles. The van der Waals surface area contributed by atoms with Crippen molar-refractivity contribution in [2.75, 3.05) is 26.7 Å². The molecular weight excluding hydrogens is 256 g/mol. The SMILES string of the molecule is CN1CCCC(CNC23CC4CC(C)(CC(C)(C4)C2)C3)C1. The summed E-state index contributed by atoms with van der Waals surface area (Å²) in [5.41, 5.74) is 1.79. The molecule has 3 unspecified atom stereocenters. The number of rotatable bonds is 3. The first-order valence-electron chi connectivity index (χ1n) is 9.31. The molecule has 4 aliphatic carbocycles. The average molecular weight is 290 g/mol. The van der Waals surface area contributed by atoms with Crippen LogP contribution in [-0.2, 0) is 0 Å². The maximum Gasteiger partial charge on any atom is 0.0194 e. The normalized spacial score (nSPS) is 53.3. The Hall–Kier alpha value is -0.0800. The summed E-state index contributed by atoms with van der Waals surface area (Å²) < 4.78 is 0. The molecule has 4 saturated carbocycles. The van der Waals surface area contributed by atoms with E-state index in [0.29, 0.717) is 16.4 Å². The Morgan fingerprint density at radius 3 is 2.38 bits per heavy atom. The summed E-state index contributed by atoms with van der Waals surface area (Å²) in [6.45, 7) is 9.05. The second kappa shape index (κ2) is 4.71. The maximum atomic E-state index is 4.14. The van der Waals surface area contributed by atoms with Gasteiger partial charge in [-0.1, -0.05) is 13.8 Å². The van der Waals surface area contributed by atoms with Gasteiger partial charge in [-0.3, -0.25) is 0 Å². The molecule has 1 N–H and O–H groups in total. The van der Waals surface area contributed by atoms with Crippen LogP contribution in [0.1, 0.15) is 65.2 Å². The molecule has 0 aromatic carbocycles. The van der Waals surface area contributed by atoms with Crippen LogP contribution in [-0.4, -0.2) is 37.1 Å². The lowest BCUT2D eigenvalue weighted by Crippen LogP contribution is -2.64. The van der Waals surface area contributed by atoms with Crippen LogP contribution in [0.4, 0.5) is 0 Å². The van der Waals surface area contributed by atoms with Crippen LogP contribution in [0, 0.1) is 22.7 Å². The van der Waals surface area contributed by atoms with Gasteiger partial charge >= 0.3 is 0 Å². The van der Waals surface area contributed by atoms with E-state index in [9.17, 15) is 0 Å². The number of likely N-dealkylation sites (tertiary alicyclic amines) is 1. The summed E-state index contributed by atoms with van der Waals surface area (Å²) in [4.78, 5) is 2.53. The quantitative estimate of drug-likeness (QED) is 0.853. The topological polar surface area (TPSA) is 15.3 Å². The van der Waals surface area contributed by atoms with Gasteiger partial charge in [-0.05, 0) is 94.2 Å². The molecule has 2 nitrogen and oxygen atoms in total. The van der Waals surface area contributed by atoms with E-state index in [2.05, 4.69) is 31.1 Å². The summed E-state index contributed by atoms with van der Waals surface area (Å²) in [6, 6.07) is 0. The van der Waals surface area contributed by atoms with Gasteiger partial charge in [-0.25, -0.2) is 0 Å². The van der Waals surface area contributed by atoms with Crippen molar-refractivity contribution in [1.82, 2.24) is 10.2 Å². The molecule has 0 radical (unpaired) electrons. The summed E-state index contributed by atoms with van der Waals surface area (Å²) in [7, 11) is 2.29. The fourth-order valence-electron chi connectivity index (χ4n) is 7.45. The minimum Gasteiger partial charge on any atom is -0.311 e. The predicted octanol–water partition coefficient (Wildman–Crippen LogP) is 3.67. The lowest BCUT2D eigenvalue weighted by molar-refractivity contribution is -0.118. The monoisotopic (exact) mass is 290 g/mol. The van der Waals surface area contributed by atoms with E-state index in [1.807, 2.05) is 0 Å². The van der Waals surface area contributed by atoms with Crippen molar-refractivity contribution in [3.63, 3.8) is 0 Å². The Morgan fingerprint density at radius 2 is 1.76 bits per heavy atom. The highest BCUT2D eigenvalue weighted by atomic mass is 15.1. The third kappa shape index (κ3) is 2.67. The average Bonchev–Trinajstić information content (AvgIpc) is 2.32. The van der Waals surface area contributed by atoms with Gasteiger partial charge in [0.1, 0.15) is 0 Å². The highest BCUT2D eigenvalue weighted by Gasteiger charge is 2.59. The van der Waals surface area contributed by atoms with Gasteiger partial charge < -0.3 is 10.2 Å². The van der Waals surface area contributed by atoms with Gasteiger partial charge in [0.15, 0.2) is 0 Å². The second-order valence-electron chi connectivity index (χ2n) is 10.1.